The number of anilines is 1. The van der Waals surface area contributed by atoms with E-state index in [0.29, 0.717) is 0 Å². The zero-order chi connectivity index (χ0) is 17.6. The van der Waals surface area contributed by atoms with Crippen LogP contribution in [0.1, 0.15) is 31.4 Å². The van der Waals surface area contributed by atoms with E-state index in [1.54, 1.807) is 0 Å². The van der Waals surface area contributed by atoms with E-state index >= 15 is 0 Å². The van der Waals surface area contributed by atoms with Gasteiger partial charge in [-0.1, -0.05) is 19.9 Å². The van der Waals surface area contributed by atoms with Gasteiger partial charge in [0.2, 0.25) is 5.91 Å². The molecule has 0 radical (unpaired) electrons. The first-order valence-corrected chi connectivity index (χ1v) is 8.97. The first kappa shape index (κ1) is 15.9. The molecule has 2 aromatic heterocycles. The molecule has 0 aliphatic carbocycles. The van der Waals surface area contributed by atoms with Gasteiger partial charge in [0, 0.05) is 36.1 Å². The molecule has 4 rings (SSSR count). The summed E-state index contributed by atoms with van der Waals surface area (Å²) in [7, 11) is 0. The number of imidazole rings is 1. The average molecular weight is 333 g/mol. The Balaban J connectivity index is 1.68. The Hall–Kier alpha value is -2.62. The highest BCUT2D eigenvalue weighted by atomic mass is 16.2. The number of hydrogen-bond donors (Lipinski definition) is 0. The van der Waals surface area contributed by atoms with E-state index in [0.717, 1.165) is 42.0 Å². The maximum absolute atomic E-state index is 12.6. The fourth-order valence-electron chi connectivity index (χ4n) is 3.45. The second kappa shape index (κ2) is 6.03. The van der Waals surface area contributed by atoms with Gasteiger partial charge in [-0.05, 0) is 55.2 Å². The van der Waals surface area contributed by atoms with E-state index in [4.69, 9.17) is 4.98 Å². The minimum Gasteiger partial charge on any atom is -0.312 e. The van der Waals surface area contributed by atoms with Gasteiger partial charge in [0.05, 0.1) is 5.69 Å². The van der Waals surface area contributed by atoms with Crippen LogP contribution in [0, 0.1) is 12.8 Å². The van der Waals surface area contributed by atoms with Crippen molar-refractivity contribution in [2.24, 2.45) is 5.92 Å². The molecule has 3 heterocycles. The number of aryl methyl sites for hydroxylation is 1. The lowest BCUT2D eigenvalue weighted by molar-refractivity contribution is -0.121. The van der Waals surface area contributed by atoms with Crippen LogP contribution in [0.2, 0.25) is 0 Å². The average Bonchev–Trinajstić information content (AvgIpc) is 3.23. The van der Waals surface area contributed by atoms with Gasteiger partial charge in [-0.2, -0.15) is 0 Å². The quantitative estimate of drug-likeness (QED) is 0.719. The number of amides is 1. The minimum atomic E-state index is 0.0762. The second-order valence-electron chi connectivity index (χ2n) is 6.99. The third-order valence-corrected chi connectivity index (χ3v) is 5.19. The summed E-state index contributed by atoms with van der Waals surface area (Å²) in [6, 6.07) is 10.5. The van der Waals surface area contributed by atoms with E-state index in [1.165, 1.54) is 11.1 Å². The summed E-state index contributed by atoms with van der Waals surface area (Å²) >= 11 is 0. The zero-order valence-electron chi connectivity index (χ0n) is 15.0. The number of nitrogens with zero attached hydrogens (tertiary/aromatic N) is 3. The predicted octanol–water partition coefficient (Wildman–Crippen LogP) is 4.24. The topological polar surface area (TPSA) is 37.6 Å². The maximum Gasteiger partial charge on any atom is 0.229 e. The lowest BCUT2D eigenvalue weighted by Gasteiger charge is -2.21. The standard InChI is InChI=1S/C21H23N3O/c1-4-15(3)21(25)24-10-8-17-12-16(5-6-19(17)24)18-13-23-9-7-14(2)11-20(23)22-18/h5-7,9,11-13,15H,4,8,10H2,1-3H3/t15-/m0/s1. The van der Waals surface area contributed by atoms with Crippen molar-refractivity contribution in [3.63, 3.8) is 0 Å². The van der Waals surface area contributed by atoms with Crippen LogP contribution >= 0.6 is 0 Å². The summed E-state index contributed by atoms with van der Waals surface area (Å²) < 4.78 is 2.05. The van der Waals surface area contributed by atoms with Crippen LogP contribution in [-0.2, 0) is 11.2 Å². The molecule has 4 nitrogen and oxygen atoms in total. The first-order chi connectivity index (χ1) is 12.1. The zero-order valence-corrected chi connectivity index (χ0v) is 15.0. The van der Waals surface area contributed by atoms with Gasteiger partial charge < -0.3 is 9.30 Å². The Morgan fingerprint density at radius 1 is 1.28 bits per heavy atom. The van der Waals surface area contributed by atoms with Crippen molar-refractivity contribution in [3.8, 4) is 11.3 Å². The first-order valence-electron chi connectivity index (χ1n) is 8.97. The van der Waals surface area contributed by atoms with E-state index in [1.807, 2.05) is 22.4 Å². The Morgan fingerprint density at radius 3 is 2.92 bits per heavy atom. The van der Waals surface area contributed by atoms with Crippen LogP contribution in [0.3, 0.4) is 0 Å². The molecule has 1 aliphatic rings. The van der Waals surface area contributed by atoms with Crippen LogP contribution in [0.4, 0.5) is 5.69 Å². The summed E-state index contributed by atoms with van der Waals surface area (Å²) in [4.78, 5) is 19.2. The van der Waals surface area contributed by atoms with Gasteiger partial charge in [-0.25, -0.2) is 4.98 Å². The largest absolute Gasteiger partial charge is 0.312 e. The molecule has 128 valence electrons. The molecule has 0 saturated heterocycles. The van der Waals surface area contributed by atoms with Crippen LogP contribution < -0.4 is 4.90 Å². The van der Waals surface area contributed by atoms with Crippen molar-refractivity contribution >= 4 is 17.2 Å². The van der Waals surface area contributed by atoms with E-state index in [9.17, 15) is 4.79 Å². The number of benzene rings is 1. The Bertz CT molecular complexity index is 957. The van der Waals surface area contributed by atoms with Gasteiger partial charge in [0.15, 0.2) is 0 Å². The fraction of sp³-hybridized carbons (Fsp3) is 0.333. The summed E-state index contributed by atoms with van der Waals surface area (Å²) in [5.74, 6) is 0.310. The van der Waals surface area contributed by atoms with Gasteiger partial charge in [-0.15, -0.1) is 0 Å². The van der Waals surface area contributed by atoms with Crippen molar-refractivity contribution < 1.29 is 4.79 Å². The van der Waals surface area contributed by atoms with Crippen molar-refractivity contribution in [1.82, 2.24) is 9.38 Å². The lowest BCUT2D eigenvalue weighted by atomic mass is 10.1. The van der Waals surface area contributed by atoms with Gasteiger partial charge >= 0.3 is 0 Å². The monoisotopic (exact) mass is 333 g/mol. The van der Waals surface area contributed by atoms with Crippen molar-refractivity contribution in [2.75, 3.05) is 11.4 Å². The molecule has 1 atom stereocenters. The van der Waals surface area contributed by atoms with E-state index < -0.39 is 0 Å². The number of carbonyl (C=O) groups is 1. The maximum atomic E-state index is 12.6. The molecule has 0 N–H and O–H groups in total. The Kier molecular flexibility index (Phi) is 3.83. The minimum absolute atomic E-state index is 0.0762. The SMILES string of the molecule is CC[C@H](C)C(=O)N1CCc2cc(-c3cn4ccc(C)cc4n3)ccc21. The Morgan fingerprint density at radius 2 is 2.12 bits per heavy atom. The second-order valence-corrected chi connectivity index (χ2v) is 6.99. The van der Waals surface area contributed by atoms with Crippen molar-refractivity contribution in [1.29, 1.82) is 0 Å². The summed E-state index contributed by atoms with van der Waals surface area (Å²) in [6.07, 6.45) is 5.90. The molecular weight excluding hydrogens is 310 g/mol. The van der Waals surface area contributed by atoms with Gasteiger partial charge in [0.25, 0.3) is 0 Å². The van der Waals surface area contributed by atoms with Crippen molar-refractivity contribution in [3.05, 3.63) is 53.9 Å². The highest BCUT2D eigenvalue weighted by Crippen LogP contribution is 2.33. The number of fused-ring (bicyclic) bond motifs is 2. The molecule has 0 saturated carbocycles. The van der Waals surface area contributed by atoms with E-state index in [-0.39, 0.29) is 11.8 Å². The van der Waals surface area contributed by atoms with Gasteiger partial charge in [-0.3, -0.25) is 4.79 Å². The third kappa shape index (κ3) is 2.72. The highest BCUT2D eigenvalue weighted by molar-refractivity contribution is 5.97. The molecule has 0 unspecified atom stereocenters. The van der Waals surface area contributed by atoms with Crippen LogP contribution in [0.5, 0.6) is 0 Å². The molecule has 3 aromatic rings. The normalized spacial score (nSPS) is 14.8. The molecule has 25 heavy (non-hydrogen) atoms. The lowest BCUT2D eigenvalue weighted by Crippen LogP contribution is -2.33. The third-order valence-electron chi connectivity index (χ3n) is 5.19. The molecule has 1 aromatic carbocycles. The molecule has 0 bridgehead atoms. The van der Waals surface area contributed by atoms with Crippen LogP contribution in [-0.4, -0.2) is 21.8 Å². The summed E-state index contributed by atoms with van der Waals surface area (Å²) in [5, 5.41) is 0. The smallest absolute Gasteiger partial charge is 0.229 e. The fourth-order valence-corrected chi connectivity index (χ4v) is 3.45. The highest BCUT2D eigenvalue weighted by Gasteiger charge is 2.27. The molecule has 0 fully saturated rings. The molecule has 1 aliphatic heterocycles. The molecule has 0 spiro atoms. The number of hydrogen-bond acceptors (Lipinski definition) is 2. The summed E-state index contributed by atoms with van der Waals surface area (Å²) in [6.45, 7) is 6.93. The van der Waals surface area contributed by atoms with Crippen LogP contribution in [0.25, 0.3) is 16.9 Å². The summed E-state index contributed by atoms with van der Waals surface area (Å²) in [5.41, 5.74) is 6.55. The number of aromatic nitrogens is 2. The predicted molar refractivity (Wildman–Crippen MR) is 101 cm³/mol. The van der Waals surface area contributed by atoms with E-state index in [2.05, 4.69) is 50.4 Å². The molecule has 1 amide bonds. The molecule has 4 heteroatoms. The van der Waals surface area contributed by atoms with Crippen LogP contribution in [0.15, 0.2) is 42.7 Å². The van der Waals surface area contributed by atoms with Crippen molar-refractivity contribution in [2.45, 2.75) is 33.6 Å². The number of rotatable bonds is 3. The number of carbonyl (C=O) groups excluding carboxylic acids is 1. The molecular formula is C21H23N3O. The Labute approximate surface area is 148 Å². The number of pyridine rings is 1. The van der Waals surface area contributed by atoms with Gasteiger partial charge in [0.1, 0.15) is 5.65 Å².